The highest BCUT2D eigenvalue weighted by Crippen LogP contribution is 2.16. The van der Waals surface area contributed by atoms with Gasteiger partial charge in [0.1, 0.15) is 17.3 Å². The van der Waals surface area contributed by atoms with E-state index >= 15 is 0 Å². The quantitative estimate of drug-likeness (QED) is 0.744. The van der Waals surface area contributed by atoms with E-state index in [2.05, 4.69) is 10.3 Å². The number of amides is 1. The van der Waals surface area contributed by atoms with Crippen LogP contribution < -0.4 is 10.9 Å². The summed E-state index contributed by atoms with van der Waals surface area (Å²) in [5.74, 6) is -1.56. The largest absolute Gasteiger partial charge is 0.323 e. The zero-order chi connectivity index (χ0) is 18.7. The zero-order valence-corrected chi connectivity index (χ0v) is 14.6. The average Bonchev–Trinajstić information content (AvgIpc) is 2.58. The molecule has 3 aromatic rings. The molecule has 1 amide bonds. The number of carbonyl (C=O) groups excluding carboxylic acids is 1. The smallest absolute Gasteiger partial charge is 0.258 e. The van der Waals surface area contributed by atoms with Crippen LogP contribution in [0.3, 0.4) is 0 Å². The summed E-state index contributed by atoms with van der Waals surface area (Å²) in [5.41, 5.74) is 1.79. The topological polar surface area (TPSA) is 63.5 Å². The average molecular weight is 375 g/mol. The number of aryl methyl sites for hydroxylation is 1. The molecule has 1 aromatic carbocycles. The number of benzene rings is 1. The zero-order valence-electron chi connectivity index (χ0n) is 13.8. The van der Waals surface area contributed by atoms with Crippen LogP contribution in [0.25, 0.3) is 5.65 Å². The lowest BCUT2D eigenvalue weighted by atomic mass is 10.3. The minimum atomic E-state index is -0.831. The van der Waals surface area contributed by atoms with Gasteiger partial charge in [-0.2, -0.15) is 0 Å². The Morgan fingerprint density at radius 1 is 1.23 bits per heavy atom. The number of hydrogen-bond donors (Lipinski definition) is 1. The molecule has 0 aliphatic carbocycles. The van der Waals surface area contributed by atoms with Gasteiger partial charge < -0.3 is 5.32 Å². The van der Waals surface area contributed by atoms with E-state index in [0.29, 0.717) is 23.2 Å². The lowest BCUT2D eigenvalue weighted by molar-refractivity contribution is -0.113. The van der Waals surface area contributed by atoms with Crippen molar-refractivity contribution in [1.82, 2.24) is 9.38 Å². The number of thioether (sulfide) groups is 1. The molecular weight excluding hydrogens is 360 g/mol. The Morgan fingerprint density at radius 3 is 2.81 bits per heavy atom. The Bertz CT molecular complexity index is 1040. The molecule has 0 aliphatic rings. The molecule has 3 rings (SSSR count). The SMILES string of the molecule is Cc1ccc2nc(CSCC(=O)Nc3ccc(F)cc3F)cc(=O)n2c1. The maximum Gasteiger partial charge on any atom is 0.258 e. The number of halogens is 2. The molecule has 8 heteroatoms. The van der Waals surface area contributed by atoms with Crippen LogP contribution in [-0.2, 0) is 10.5 Å². The summed E-state index contributed by atoms with van der Waals surface area (Å²) >= 11 is 1.24. The number of hydrogen-bond acceptors (Lipinski definition) is 4. The summed E-state index contributed by atoms with van der Waals surface area (Å²) in [6.07, 6.45) is 1.71. The molecule has 2 aromatic heterocycles. The van der Waals surface area contributed by atoms with Crippen LogP contribution in [-0.4, -0.2) is 21.0 Å². The minimum Gasteiger partial charge on any atom is -0.323 e. The lowest BCUT2D eigenvalue weighted by Crippen LogP contribution is -2.17. The van der Waals surface area contributed by atoms with E-state index in [-0.39, 0.29) is 17.0 Å². The number of anilines is 1. The fourth-order valence-corrected chi connectivity index (χ4v) is 3.07. The van der Waals surface area contributed by atoms with E-state index in [4.69, 9.17) is 0 Å². The molecule has 0 saturated heterocycles. The standard InChI is InChI=1S/C18H15F2N3O2S/c1-11-2-5-16-21-13(7-18(25)23(16)8-11)9-26-10-17(24)22-15-4-3-12(19)6-14(15)20/h2-8H,9-10H2,1H3,(H,22,24). The van der Waals surface area contributed by atoms with Crippen LogP contribution >= 0.6 is 11.8 Å². The van der Waals surface area contributed by atoms with Crippen molar-refractivity contribution in [3.63, 3.8) is 0 Å². The van der Waals surface area contributed by atoms with Gasteiger partial charge in [0.25, 0.3) is 5.56 Å². The van der Waals surface area contributed by atoms with E-state index < -0.39 is 17.5 Å². The van der Waals surface area contributed by atoms with Crippen LogP contribution in [0.15, 0.2) is 47.4 Å². The maximum absolute atomic E-state index is 13.5. The van der Waals surface area contributed by atoms with E-state index in [1.807, 2.05) is 13.0 Å². The van der Waals surface area contributed by atoms with Gasteiger partial charge >= 0.3 is 0 Å². The first kappa shape index (κ1) is 18.1. The third kappa shape index (κ3) is 4.26. The Balaban J connectivity index is 1.61. The molecule has 0 atom stereocenters. The first-order chi connectivity index (χ1) is 12.4. The van der Waals surface area contributed by atoms with Crippen molar-refractivity contribution in [1.29, 1.82) is 0 Å². The van der Waals surface area contributed by atoms with Crippen LogP contribution in [0.5, 0.6) is 0 Å². The van der Waals surface area contributed by atoms with Gasteiger partial charge in [-0.05, 0) is 30.7 Å². The van der Waals surface area contributed by atoms with Crippen molar-refractivity contribution in [3.05, 3.63) is 75.8 Å². The molecule has 0 saturated carbocycles. The number of carbonyl (C=O) groups is 1. The van der Waals surface area contributed by atoms with Crippen LogP contribution in [0.4, 0.5) is 14.5 Å². The molecular formula is C18H15F2N3O2S. The summed E-state index contributed by atoms with van der Waals surface area (Å²) in [6, 6.07) is 7.99. The summed E-state index contributed by atoms with van der Waals surface area (Å²) in [7, 11) is 0. The molecule has 0 radical (unpaired) electrons. The highest BCUT2D eigenvalue weighted by Gasteiger charge is 2.09. The van der Waals surface area contributed by atoms with Gasteiger partial charge in [0, 0.05) is 24.1 Å². The first-order valence-corrected chi connectivity index (χ1v) is 8.89. The van der Waals surface area contributed by atoms with Crippen molar-refractivity contribution in [3.8, 4) is 0 Å². The van der Waals surface area contributed by atoms with Gasteiger partial charge in [-0.1, -0.05) is 6.07 Å². The van der Waals surface area contributed by atoms with Gasteiger partial charge in [-0.25, -0.2) is 13.8 Å². The van der Waals surface area contributed by atoms with Crippen molar-refractivity contribution in [2.24, 2.45) is 0 Å². The van der Waals surface area contributed by atoms with Gasteiger partial charge in [0.15, 0.2) is 0 Å². The molecule has 26 heavy (non-hydrogen) atoms. The summed E-state index contributed by atoms with van der Waals surface area (Å²) < 4.78 is 27.8. The number of rotatable bonds is 5. The van der Waals surface area contributed by atoms with E-state index in [1.165, 1.54) is 28.3 Å². The Kier molecular flexibility index (Phi) is 5.32. The number of aromatic nitrogens is 2. The normalized spacial score (nSPS) is 10.9. The van der Waals surface area contributed by atoms with E-state index in [9.17, 15) is 18.4 Å². The van der Waals surface area contributed by atoms with Gasteiger partial charge in [0.05, 0.1) is 17.1 Å². The Morgan fingerprint density at radius 2 is 2.04 bits per heavy atom. The second-order valence-electron chi connectivity index (χ2n) is 5.69. The van der Waals surface area contributed by atoms with Crippen molar-refractivity contribution >= 4 is 29.0 Å². The second kappa shape index (κ2) is 7.65. The molecule has 0 fully saturated rings. The molecule has 0 spiro atoms. The molecule has 0 aliphatic heterocycles. The highest BCUT2D eigenvalue weighted by molar-refractivity contribution is 7.99. The number of nitrogens with zero attached hydrogens (tertiary/aromatic N) is 2. The van der Waals surface area contributed by atoms with E-state index in [0.717, 1.165) is 11.6 Å². The first-order valence-electron chi connectivity index (χ1n) is 7.74. The van der Waals surface area contributed by atoms with Crippen molar-refractivity contribution in [2.75, 3.05) is 11.1 Å². The third-order valence-electron chi connectivity index (χ3n) is 3.55. The van der Waals surface area contributed by atoms with Crippen LogP contribution in [0.2, 0.25) is 0 Å². The number of nitrogens with one attached hydrogen (secondary N) is 1. The molecule has 134 valence electrons. The fourth-order valence-electron chi connectivity index (χ4n) is 2.36. The molecule has 2 heterocycles. The summed E-state index contributed by atoms with van der Waals surface area (Å²) in [6.45, 7) is 1.89. The van der Waals surface area contributed by atoms with Gasteiger partial charge in [0.2, 0.25) is 5.91 Å². The minimum absolute atomic E-state index is 0.0474. The van der Waals surface area contributed by atoms with Crippen molar-refractivity contribution < 1.29 is 13.6 Å². The van der Waals surface area contributed by atoms with Gasteiger partial charge in [-0.3, -0.25) is 14.0 Å². The predicted molar refractivity (Wildman–Crippen MR) is 97.3 cm³/mol. The van der Waals surface area contributed by atoms with Crippen LogP contribution in [0, 0.1) is 18.6 Å². The monoisotopic (exact) mass is 375 g/mol. The number of fused-ring (bicyclic) bond motifs is 1. The lowest BCUT2D eigenvalue weighted by Gasteiger charge is -2.07. The van der Waals surface area contributed by atoms with Gasteiger partial charge in [-0.15, -0.1) is 11.8 Å². The number of pyridine rings is 1. The Hall–Kier alpha value is -2.74. The van der Waals surface area contributed by atoms with E-state index in [1.54, 1.807) is 12.3 Å². The predicted octanol–water partition coefficient (Wildman–Crippen LogP) is 3.15. The third-order valence-corrected chi connectivity index (χ3v) is 4.52. The molecule has 0 bridgehead atoms. The molecule has 1 N–H and O–H groups in total. The summed E-state index contributed by atoms with van der Waals surface area (Å²) in [5, 5.41) is 2.38. The summed E-state index contributed by atoms with van der Waals surface area (Å²) in [4.78, 5) is 28.4. The van der Waals surface area contributed by atoms with Crippen LogP contribution in [0.1, 0.15) is 11.3 Å². The molecule has 0 unspecified atom stereocenters. The Labute approximate surface area is 152 Å². The second-order valence-corrected chi connectivity index (χ2v) is 6.67. The fraction of sp³-hybridized carbons (Fsp3) is 0.167. The van der Waals surface area contributed by atoms with Crippen molar-refractivity contribution in [2.45, 2.75) is 12.7 Å². The molecule has 5 nitrogen and oxygen atoms in total. The maximum atomic E-state index is 13.5. The highest BCUT2D eigenvalue weighted by atomic mass is 32.2.